The molecule has 1 aliphatic rings. The van der Waals surface area contributed by atoms with Gasteiger partial charge in [0, 0.05) is 6.54 Å². The highest BCUT2D eigenvalue weighted by Crippen LogP contribution is 2.37. The van der Waals surface area contributed by atoms with Crippen LogP contribution in [0.4, 0.5) is 0 Å². The molecule has 0 amide bonds. The number of nitrogens with zero attached hydrogens (tertiary/aromatic N) is 1. The van der Waals surface area contributed by atoms with Gasteiger partial charge in [-0.3, -0.25) is 4.79 Å². The van der Waals surface area contributed by atoms with Crippen LogP contribution in [-0.4, -0.2) is 35.6 Å². The molecule has 1 heterocycles. The van der Waals surface area contributed by atoms with E-state index in [2.05, 4.69) is 18.7 Å². The summed E-state index contributed by atoms with van der Waals surface area (Å²) in [6, 6.07) is 0. The minimum absolute atomic E-state index is 0.556. The standard InChI is InChI=1S/C16H31NO2/c1-5-16(6-2)10-12-17(13-16)11-8-7-9-15(3,4)14(18)19/h5-13H2,1-4H3,(H,18,19). The molecule has 0 radical (unpaired) electrons. The Morgan fingerprint density at radius 3 is 2.37 bits per heavy atom. The number of carboxylic acids is 1. The van der Waals surface area contributed by atoms with Crippen LogP contribution >= 0.6 is 0 Å². The molecule has 0 spiro atoms. The highest BCUT2D eigenvalue weighted by atomic mass is 16.4. The fourth-order valence-corrected chi connectivity index (χ4v) is 3.06. The number of unbranched alkanes of at least 4 members (excludes halogenated alkanes) is 1. The van der Waals surface area contributed by atoms with Crippen molar-refractivity contribution in [1.29, 1.82) is 0 Å². The van der Waals surface area contributed by atoms with Gasteiger partial charge >= 0.3 is 5.97 Å². The van der Waals surface area contributed by atoms with Crippen molar-refractivity contribution in [2.75, 3.05) is 19.6 Å². The lowest BCUT2D eigenvalue weighted by molar-refractivity contribution is -0.147. The summed E-state index contributed by atoms with van der Waals surface area (Å²) in [7, 11) is 0. The van der Waals surface area contributed by atoms with Gasteiger partial charge in [-0.05, 0) is 64.5 Å². The highest BCUT2D eigenvalue weighted by molar-refractivity contribution is 5.73. The van der Waals surface area contributed by atoms with E-state index in [9.17, 15) is 4.79 Å². The van der Waals surface area contributed by atoms with Gasteiger partial charge in [0.1, 0.15) is 0 Å². The van der Waals surface area contributed by atoms with Gasteiger partial charge in [-0.25, -0.2) is 0 Å². The lowest BCUT2D eigenvalue weighted by atomic mass is 9.82. The molecule has 0 saturated carbocycles. The van der Waals surface area contributed by atoms with Gasteiger partial charge in [0.15, 0.2) is 0 Å². The normalized spacial score (nSPS) is 19.8. The molecule has 0 unspecified atom stereocenters. The molecule has 0 atom stereocenters. The Morgan fingerprint density at radius 2 is 1.89 bits per heavy atom. The maximum Gasteiger partial charge on any atom is 0.309 e. The molecule has 1 rings (SSSR count). The monoisotopic (exact) mass is 269 g/mol. The van der Waals surface area contributed by atoms with Crippen LogP contribution in [0.2, 0.25) is 0 Å². The van der Waals surface area contributed by atoms with Crippen LogP contribution in [0.25, 0.3) is 0 Å². The molecule has 3 heteroatoms. The number of aliphatic carboxylic acids is 1. The number of hydrogen-bond donors (Lipinski definition) is 1. The summed E-state index contributed by atoms with van der Waals surface area (Å²) in [6.07, 6.45) is 6.82. The first-order valence-electron chi connectivity index (χ1n) is 7.81. The van der Waals surface area contributed by atoms with Gasteiger partial charge in [-0.15, -0.1) is 0 Å². The van der Waals surface area contributed by atoms with Crippen LogP contribution < -0.4 is 0 Å². The van der Waals surface area contributed by atoms with Crippen molar-refractivity contribution in [2.24, 2.45) is 10.8 Å². The average molecular weight is 269 g/mol. The third-order valence-electron chi connectivity index (χ3n) is 5.12. The minimum atomic E-state index is -0.676. The molecule has 19 heavy (non-hydrogen) atoms. The minimum Gasteiger partial charge on any atom is -0.481 e. The number of carbonyl (C=O) groups is 1. The van der Waals surface area contributed by atoms with Gasteiger partial charge < -0.3 is 10.0 Å². The molecule has 0 aliphatic carbocycles. The third kappa shape index (κ3) is 4.48. The van der Waals surface area contributed by atoms with E-state index in [1.807, 2.05) is 13.8 Å². The van der Waals surface area contributed by atoms with Crippen LogP contribution in [-0.2, 0) is 4.79 Å². The Labute approximate surface area is 118 Å². The number of carboxylic acid groups (broad SMARTS) is 1. The third-order valence-corrected chi connectivity index (χ3v) is 5.12. The molecule has 1 saturated heterocycles. The molecule has 1 N–H and O–H groups in total. The van der Waals surface area contributed by atoms with E-state index < -0.39 is 11.4 Å². The van der Waals surface area contributed by atoms with Crippen molar-refractivity contribution >= 4 is 5.97 Å². The fourth-order valence-electron chi connectivity index (χ4n) is 3.06. The topological polar surface area (TPSA) is 40.5 Å². The van der Waals surface area contributed by atoms with E-state index in [4.69, 9.17) is 5.11 Å². The second-order valence-corrected chi connectivity index (χ2v) is 6.88. The fraction of sp³-hybridized carbons (Fsp3) is 0.938. The van der Waals surface area contributed by atoms with Crippen LogP contribution in [0.3, 0.4) is 0 Å². The smallest absolute Gasteiger partial charge is 0.309 e. The van der Waals surface area contributed by atoms with E-state index in [1.54, 1.807) is 0 Å². The van der Waals surface area contributed by atoms with Crippen LogP contribution in [0.5, 0.6) is 0 Å². The van der Waals surface area contributed by atoms with Crippen LogP contribution in [0, 0.1) is 10.8 Å². The zero-order valence-electron chi connectivity index (χ0n) is 13.2. The Balaban J connectivity index is 2.23. The van der Waals surface area contributed by atoms with Crippen molar-refractivity contribution in [3.8, 4) is 0 Å². The van der Waals surface area contributed by atoms with Crippen LogP contribution in [0.1, 0.15) is 66.2 Å². The van der Waals surface area contributed by atoms with Crippen molar-refractivity contribution in [2.45, 2.75) is 66.2 Å². The molecular formula is C16H31NO2. The zero-order valence-corrected chi connectivity index (χ0v) is 13.2. The first kappa shape index (κ1) is 16.5. The maximum absolute atomic E-state index is 11.0. The molecule has 0 bridgehead atoms. The molecule has 0 aromatic heterocycles. The lowest BCUT2D eigenvalue weighted by Gasteiger charge is -2.26. The van der Waals surface area contributed by atoms with Gasteiger partial charge in [-0.2, -0.15) is 0 Å². The molecule has 3 nitrogen and oxygen atoms in total. The molecule has 1 fully saturated rings. The maximum atomic E-state index is 11.0. The summed E-state index contributed by atoms with van der Waals surface area (Å²) in [6.45, 7) is 11.9. The summed E-state index contributed by atoms with van der Waals surface area (Å²) in [5.41, 5.74) is -0.0120. The van der Waals surface area contributed by atoms with E-state index >= 15 is 0 Å². The molecule has 112 valence electrons. The predicted octanol–water partition coefficient (Wildman–Crippen LogP) is 3.78. The SMILES string of the molecule is CCC1(CC)CCN(CCCCC(C)(C)C(=O)O)C1. The van der Waals surface area contributed by atoms with Gasteiger partial charge in [-0.1, -0.05) is 20.3 Å². The first-order chi connectivity index (χ1) is 8.85. The summed E-state index contributed by atoms with van der Waals surface area (Å²) in [5, 5.41) is 9.07. The predicted molar refractivity (Wildman–Crippen MR) is 79.3 cm³/mol. The Kier molecular flexibility index (Phi) is 5.84. The Morgan fingerprint density at radius 1 is 1.26 bits per heavy atom. The second kappa shape index (κ2) is 6.74. The zero-order chi connectivity index (χ0) is 14.5. The van der Waals surface area contributed by atoms with E-state index in [1.165, 1.54) is 32.4 Å². The first-order valence-corrected chi connectivity index (χ1v) is 7.81. The quantitative estimate of drug-likeness (QED) is 0.682. The number of hydrogen-bond acceptors (Lipinski definition) is 2. The van der Waals surface area contributed by atoms with Crippen LogP contribution in [0.15, 0.2) is 0 Å². The summed E-state index contributed by atoms with van der Waals surface area (Å²) in [5.74, 6) is -0.676. The Hall–Kier alpha value is -0.570. The van der Waals surface area contributed by atoms with E-state index in [0.29, 0.717) is 5.41 Å². The van der Waals surface area contributed by atoms with Crippen molar-refractivity contribution < 1.29 is 9.90 Å². The molecule has 0 aromatic rings. The average Bonchev–Trinajstić information content (AvgIpc) is 2.79. The largest absolute Gasteiger partial charge is 0.481 e. The van der Waals surface area contributed by atoms with Gasteiger partial charge in [0.25, 0.3) is 0 Å². The molecule has 1 aliphatic heterocycles. The van der Waals surface area contributed by atoms with Crippen molar-refractivity contribution in [3.05, 3.63) is 0 Å². The lowest BCUT2D eigenvalue weighted by Crippen LogP contribution is -2.28. The Bertz CT molecular complexity index is 295. The summed E-state index contributed by atoms with van der Waals surface area (Å²) >= 11 is 0. The van der Waals surface area contributed by atoms with Crippen molar-refractivity contribution in [3.63, 3.8) is 0 Å². The number of likely N-dealkylation sites (tertiary alicyclic amines) is 1. The molecular weight excluding hydrogens is 238 g/mol. The van der Waals surface area contributed by atoms with E-state index in [-0.39, 0.29) is 0 Å². The number of rotatable bonds is 8. The van der Waals surface area contributed by atoms with Gasteiger partial charge in [0.2, 0.25) is 0 Å². The molecule has 0 aromatic carbocycles. The highest BCUT2D eigenvalue weighted by Gasteiger charge is 2.34. The summed E-state index contributed by atoms with van der Waals surface area (Å²) in [4.78, 5) is 13.6. The summed E-state index contributed by atoms with van der Waals surface area (Å²) < 4.78 is 0. The van der Waals surface area contributed by atoms with E-state index in [0.717, 1.165) is 25.8 Å². The second-order valence-electron chi connectivity index (χ2n) is 6.88. The van der Waals surface area contributed by atoms with Crippen molar-refractivity contribution in [1.82, 2.24) is 4.90 Å². The van der Waals surface area contributed by atoms with Gasteiger partial charge in [0.05, 0.1) is 5.41 Å².